The summed E-state index contributed by atoms with van der Waals surface area (Å²) in [7, 11) is 1.67. The summed E-state index contributed by atoms with van der Waals surface area (Å²) in [6.07, 6.45) is 5.65. The minimum atomic E-state index is -0.0533. The molecule has 1 atom stereocenters. The maximum atomic E-state index is 14.2. The Morgan fingerprint density at radius 3 is 2.63 bits per heavy atom. The lowest BCUT2D eigenvalue weighted by atomic mass is 9.86. The van der Waals surface area contributed by atoms with E-state index < -0.39 is 0 Å². The largest absolute Gasteiger partial charge is 0.496 e. The number of ether oxygens (including phenoxy) is 1. The van der Waals surface area contributed by atoms with Crippen molar-refractivity contribution in [3.8, 4) is 5.75 Å². The lowest BCUT2D eigenvalue weighted by Gasteiger charge is -2.33. The van der Waals surface area contributed by atoms with Gasteiger partial charge in [0, 0.05) is 17.2 Å². The summed E-state index contributed by atoms with van der Waals surface area (Å²) in [5, 5.41) is 0. The molecule has 106 valence electrons. The van der Waals surface area contributed by atoms with Crippen LogP contribution in [0.3, 0.4) is 0 Å². The molecule has 1 fully saturated rings. The molecule has 2 nitrogen and oxygen atoms in total. The molecule has 1 saturated heterocycles. The zero-order valence-corrected chi connectivity index (χ0v) is 12.1. The quantitative estimate of drug-likeness (QED) is 0.821. The van der Waals surface area contributed by atoms with Gasteiger partial charge in [-0.25, -0.2) is 4.39 Å². The standard InChI is InChI=1S/C15H20FNO.ClH/c1-18-14-8-7-12(16)15-11(14)5-4-6-13(15)17-9-2-3-10-17;/h7-8,13H,2-6,9-10H2,1H3;1H. The summed E-state index contributed by atoms with van der Waals surface area (Å²) >= 11 is 0. The van der Waals surface area contributed by atoms with E-state index in [0.29, 0.717) is 0 Å². The molecule has 3 rings (SSSR count). The van der Waals surface area contributed by atoms with Gasteiger partial charge in [0.1, 0.15) is 11.6 Å². The molecule has 1 aromatic rings. The third kappa shape index (κ3) is 2.59. The van der Waals surface area contributed by atoms with Gasteiger partial charge in [-0.05, 0) is 57.3 Å². The van der Waals surface area contributed by atoms with Crippen molar-refractivity contribution in [2.24, 2.45) is 0 Å². The van der Waals surface area contributed by atoms with Crippen LogP contribution in [0.4, 0.5) is 4.39 Å². The number of halogens is 2. The Hall–Kier alpha value is -0.800. The first kappa shape index (κ1) is 14.6. The van der Waals surface area contributed by atoms with E-state index in [0.717, 1.165) is 49.2 Å². The van der Waals surface area contributed by atoms with Crippen molar-refractivity contribution >= 4 is 12.4 Å². The first-order chi connectivity index (χ1) is 8.81. The molecule has 0 N–H and O–H groups in total. The van der Waals surface area contributed by atoms with Crippen LogP contribution in [0, 0.1) is 5.82 Å². The predicted octanol–water partition coefficient (Wildman–Crippen LogP) is 3.73. The molecule has 0 spiro atoms. The molecule has 0 aromatic heterocycles. The van der Waals surface area contributed by atoms with Gasteiger partial charge in [-0.2, -0.15) is 0 Å². The Bertz CT molecular complexity index is 446. The summed E-state index contributed by atoms with van der Waals surface area (Å²) in [6.45, 7) is 2.22. The van der Waals surface area contributed by atoms with Crippen LogP contribution in [0.15, 0.2) is 12.1 Å². The van der Waals surface area contributed by atoms with Crippen molar-refractivity contribution in [2.75, 3.05) is 20.2 Å². The van der Waals surface area contributed by atoms with Crippen molar-refractivity contribution in [1.29, 1.82) is 0 Å². The fourth-order valence-corrected chi connectivity index (χ4v) is 3.46. The van der Waals surface area contributed by atoms with Crippen molar-refractivity contribution in [3.63, 3.8) is 0 Å². The first-order valence-electron chi connectivity index (χ1n) is 6.90. The minimum absolute atomic E-state index is 0. The van der Waals surface area contributed by atoms with E-state index in [2.05, 4.69) is 4.90 Å². The van der Waals surface area contributed by atoms with E-state index in [1.807, 2.05) is 0 Å². The van der Waals surface area contributed by atoms with Gasteiger partial charge >= 0.3 is 0 Å². The second-order valence-electron chi connectivity index (χ2n) is 5.29. The normalized spacial score (nSPS) is 22.7. The molecule has 4 heteroatoms. The maximum absolute atomic E-state index is 14.2. The van der Waals surface area contributed by atoms with Crippen LogP contribution >= 0.6 is 12.4 Å². The summed E-state index contributed by atoms with van der Waals surface area (Å²) < 4.78 is 19.6. The molecule has 1 unspecified atom stereocenters. The predicted molar refractivity (Wildman–Crippen MR) is 76.7 cm³/mol. The molecule has 1 aliphatic heterocycles. The number of nitrogens with zero attached hydrogens (tertiary/aromatic N) is 1. The first-order valence-corrected chi connectivity index (χ1v) is 6.90. The summed E-state index contributed by atoms with van der Waals surface area (Å²) in [5.74, 6) is 0.803. The Balaban J connectivity index is 0.00000133. The van der Waals surface area contributed by atoms with E-state index in [-0.39, 0.29) is 24.3 Å². The van der Waals surface area contributed by atoms with Crippen LogP contribution in [0.5, 0.6) is 5.75 Å². The van der Waals surface area contributed by atoms with Crippen LogP contribution in [0.25, 0.3) is 0 Å². The van der Waals surface area contributed by atoms with Gasteiger partial charge < -0.3 is 4.74 Å². The van der Waals surface area contributed by atoms with Crippen molar-refractivity contribution < 1.29 is 9.13 Å². The van der Waals surface area contributed by atoms with Crippen molar-refractivity contribution in [3.05, 3.63) is 29.1 Å². The van der Waals surface area contributed by atoms with Crippen LogP contribution in [-0.4, -0.2) is 25.1 Å². The Morgan fingerprint density at radius 2 is 1.95 bits per heavy atom. The highest BCUT2D eigenvalue weighted by molar-refractivity contribution is 5.85. The van der Waals surface area contributed by atoms with E-state index >= 15 is 0 Å². The van der Waals surface area contributed by atoms with E-state index in [9.17, 15) is 4.39 Å². The number of hydrogen-bond acceptors (Lipinski definition) is 2. The SMILES string of the molecule is COc1ccc(F)c2c1CCCC2N1CCCC1.Cl. The van der Waals surface area contributed by atoms with Gasteiger partial charge in [-0.15, -0.1) is 12.4 Å². The number of hydrogen-bond donors (Lipinski definition) is 0. The van der Waals surface area contributed by atoms with E-state index in [1.54, 1.807) is 19.2 Å². The fraction of sp³-hybridized carbons (Fsp3) is 0.600. The number of likely N-dealkylation sites (tertiary alicyclic amines) is 1. The maximum Gasteiger partial charge on any atom is 0.128 e. The van der Waals surface area contributed by atoms with Gasteiger partial charge in [0.05, 0.1) is 7.11 Å². The molecule has 1 heterocycles. The molecule has 19 heavy (non-hydrogen) atoms. The summed E-state index contributed by atoms with van der Waals surface area (Å²) in [4.78, 5) is 2.44. The lowest BCUT2D eigenvalue weighted by molar-refractivity contribution is 0.214. The second-order valence-corrected chi connectivity index (χ2v) is 5.29. The van der Waals surface area contributed by atoms with Gasteiger partial charge in [0.25, 0.3) is 0 Å². The molecule has 1 aromatic carbocycles. The van der Waals surface area contributed by atoms with Crippen LogP contribution < -0.4 is 4.74 Å². The third-order valence-corrected chi connectivity index (χ3v) is 4.30. The number of benzene rings is 1. The van der Waals surface area contributed by atoms with E-state index in [1.165, 1.54) is 12.8 Å². The van der Waals surface area contributed by atoms with Gasteiger partial charge in [-0.1, -0.05) is 0 Å². The molecule has 0 saturated carbocycles. The van der Waals surface area contributed by atoms with Gasteiger partial charge in [0.2, 0.25) is 0 Å². The molecule has 1 aliphatic carbocycles. The Labute approximate surface area is 120 Å². The van der Waals surface area contributed by atoms with Crippen LogP contribution in [-0.2, 0) is 6.42 Å². The number of methoxy groups -OCH3 is 1. The van der Waals surface area contributed by atoms with Gasteiger partial charge in [0.15, 0.2) is 0 Å². The highest BCUT2D eigenvalue weighted by Crippen LogP contribution is 2.41. The molecular formula is C15H21ClFNO. The zero-order chi connectivity index (χ0) is 12.5. The fourth-order valence-electron chi connectivity index (χ4n) is 3.46. The minimum Gasteiger partial charge on any atom is -0.496 e. The zero-order valence-electron chi connectivity index (χ0n) is 11.3. The number of fused-ring (bicyclic) bond motifs is 1. The molecular weight excluding hydrogens is 265 g/mol. The average molecular weight is 286 g/mol. The third-order valence-electron chi connectivity index (χ3n) is 4.30. The van der Waals surface area contributed by atoms with Crippen molar-refractivity contribution in [1.82, 2.24) is 4.90 Å². The lowest BCUT2D eigenvalue weighted by Crippen LogP contribution is -2.29. The highest BCUT2D eigenvalue weighted by Gasteiger charge is 2.31. The highest BCUT2D eigenvalue weighted by atomic mass is 35.5. The summed E-state index contributed by atoms with van der Waals surface area (Å²) in [5.41, 5.74) is 2.00. The monoisotopic (exact) mass is 285 g/mol. The summed E-state index contributed by atoms with van der Waals surface area (Å²) in [6, 6.07) is 3.60. The average Bonchev–Trinajstić information content (AvgIpc) is 2.92. The van der Waals surface area contributed by atoms with Crippen LogP contribution in [0.2, 0.25) is 0 Å². The molecule has 0 amide bonds. The van der Waals surface area contributed by atoms with Crippen molar-refractivity contribution in [2.45, 2.75) is 38.1 Å². The molecule has 2 aliphatic rings. The Kier molecular flexibility index (Phi) is 4.69. The van der Waals surface area contributed by atoms with Gasteiger partial charge in [-0.3, -0.25) is 4.90 Å². The van der Waals surface area contributed by atoms with Crippen LogP contribution in [0.1, 0.15) is 42.9 Å². The smallest absolute Gasteiger partial charge is 0.128 e. The topological polar surface area (TPSA) is 12.5 Å². The Morgan fingerprint density at radius 1 is 1.21 bits per heavy atom. The molecule has 0 radical (unpaired) electrons. The van der Waals surface area contributed by atoms with E-state index in [4.69, 9.17) is 4.74 Å². The second kappa shape index (κ2) is 6.10. The number of rotatable bonds is 2. The molecule has 0 bridgehead atoms.